The maximum Gasteiger partial charge on any atom is 0.226 e. The van der Waals surface area contributed by atoms with E-state index in [-0.39, 0.29) is 11.8 Å². The predicted molar refractivity (Wildman–Crippen MR) is 108 cm³/mol. The number of thiazole rings is 1. The number of hydrogen-bond acceptors (Lipinski definition) is 4. The van der Waals surface area contributed by atoms with Crippen LogP contribution in [0.15, 0.2) is 58.4 Å². The van der Waals surface area contributed by atoms with E-state index in [2.05, 4.69) is 31.5 Å². The first-order valence-corrected chi connectivity index (χ1v) is 9.58. The van der Waals surface area contributed by atoms with Crippen LogP contribution >= 0.6 is 27.3 Å². The smallest absolute Gasteiger partial charge is 0.226 e. The van der Waals surface area contributed by atoms with Crippen molar-refractivity contribution in [3.63, 3.8) is 0 Å². The molecular formula is C19H18BrN3OS. The molecule has 0 bridgehead atoms. The summed E-state index contributed by atoms with van der Waals surface area (Å²) in [7, 11) is 0. The minimum atomic E-state index is -0.0374. The zero-order valence-corrected chi connectivity index (χ0v) is 16.3. The summed E-state index contributed by atoms with van der Waals surface area (Å²) < 4.78 is 1.03. The van der Waals surface area contributed by atoms with E-state index in [0.717, 1.165) is 32.2 Å². The molecule has 3 aromatic rings. The molecule has 3 rings (SSSR count). The highest BCUT2D eigenvalue weighted by atomic mass is 79.9. The first-order chi connectivity index (χ1) is 12.0. The van der Waals surface area contributed by atoms with Crippen LogP contribution in [0.25, 0.3) is 11.3 Å². The van der Waals surface area contributed by atoms with E-state index in [9.17, 15) is 4.79 Å². The molecule has 1 heterocycles. The van der Waals surface area contributed by atoms with Gasteiger partial charge in [-0.25, -0.2) is 4.98 Å². The van der Waals surface area contributed by atoms with Crippen molar-refractivity contribution >= 4 is 49.7 Å². The van der Waals surface area contributed by atoms with Gasteiger partial charge in [0, 0.05) is 32.7 Å². The number of halogens is 1. The Hall–Kier alpha value is -2.18. The lowest BCUT2D eigenvalue weighted by molar-refractivity contribution is -0.118. The van der Waals surface area contributed by atoms with E-state index in [1.165, 1.54) is 0 Å². The Morgan fingerprint density at radius 3 is 2.52 bits per heavy atom. The van der Waals surface area contributed by atoms with E-state index in [4.69, 9.17) is 0 Å². The Morgan fingerprint density at radius 1 is 1.12 bits per heavy atom. The summed E-state index contributed by atoms with van der Waals surface area (Å²) in [6.07, 6.45) is 0. The lowest BCUT2D eigenvalue weighted by Crippen LogP contribution is -2.17. The van der Waals surface area contributed by atoms with Crippen molar-refractivity contribution in [2.75, 3.05) is 10.6 Å². The fourth-order valence-electron chi connectivity index (χ4n) is 2.16. The van der Waals surface area contributed by atoms with Crippen LogP contribution in [-0.2, 0) is 4.79 Å². The van der Waals surface area contributed by atoms with Gasteiger partial charge in [-0.05, 0) is 36.4 Å². The Kier molecular flexibility index (Phi) is 5.50. The molecule has 6 heteroatoms. The van der Waals surface area contributed by atoms with Crippen LogP contribution in [0.2, 0.25) is 0 Å². The molecule has 2 aromatic carbocycles. The quantitative estimate of drug-likeness (QED) is 0.544. The van der Waals surface area contributed by atoms with Crippen molar-refractivity contribution in [1.29, 1.82) is 0 Å². The number of carbonyl (C=O) groups excluding carboxylic acids is 1. The number of rotatable bonds is 5. The maximum absolute atomic E-state index is 11.7. The molecule has 25 heavy (non-hydrogen) atoms. The first kappa shape index (κ1) is 17.6. The van der Waals surface area contributed by atoms with E-state index in [0.29, 0.717) is 0 Å². The van der Waals surface area contributed by atoms with Gasteiger partial charge in [-0.3, -0.25) is 4.79 Å². The molecule has 0 saturated heterocycles. The molecule has 0 radical (unpaired) electrons. The number of carbonyl (C=O) groups is 1. The summed E-state index contributed by atoms with van der Waals surface area (Å²) in [6.45, 7) is 3.74. The van der Waals surface area contributed by atoms with Crippen LogP contribution in [-0.4, -0.2) is 10.9 Å². The first-order valence-electron chi connectivity index (χ1n) is 7.90. The molecule has 0 aliphatic carbocycles. The van der Waals surface area contributed by atoms with Crippen molar-refractivity contribution in [3.8, 4) is 11.3 Å². The average molecular weight is 416 g/mol. The third-order valence-electron chi connectivity index (χ3n) is 3.55. The number of anilines is 3. The van der Waals surface area contributed by atoms with Crippen LogP contribution < -0.4 is 10.6 Å². The van der Waals surface area contributed by atoms with E-state index in [1.807, 2.05) is 67.8 Å². The number of benzene rings is 2. The molecule has 0 aliphatic rings. The normalized spacial score (nSPS) is 10.7. The standard InChI is InChI=1S/C19H18BrN3OS/c1-12(2)18(24)21-15-6-8-16(9-7-15)22-19-23-17(11-25-19)13-4-3-5-14(20)10-13/h3-12H,1-2H3,(H,21,24)(H,22,23). The molecular weight excluding hydrogens is 398 g/mol. The van der Waals surface area contributed by atoms with Gasteiger partial charge < -0.3 is 10.6 Å². The third kappa shape index (κ3) is 4.67. The second-order valence-electron chi connectivity index (χ2n) is 5.89. The molecule has 0 saturated carbocycles. The van der Waals surface area contributed by atoms with Gasteiger partial charge >= 0.3 is 0 Å². The number of nitrogens with one attached hydrogen (secondary N) is 2. The largest absolute Gasteiger partial charge is 0.332 e. The van der Waals surface area contributed by atoms with Crippen LogP contribution in [0.3, 0.4) is 0 Å². The SMILES string of the molecule is CC(C)C(=O)Nc1ccc(Nc2nc(-c3cccc(Br)c3)cs2)cc1. The highest BCUT2D eigenvalue weighted by Gasteiger charge is 2.08. The summed E-state index contributed by atoms with van der Waals surface area (Å²) >= 11 is 5.04. The van der Waals surface area contributed by atoms with Gasteiger partial charge in [0.2, 0.25) is 5.91 Å². The van der Waals surface area contributed by atoms with E-state index in [1.54, 1.807) is 11.3 Å². The molecule has 1 aromatic heterocycles. The van der Waals surface area contributed by atoms with Crippen molar-refractivity contribution in [2.45, 2.75) is 13.8 Å². The highest BCUT2D eigenvalue weighted by molar-refractivity contribution is 9.10. The molecule has 0 unspecified atom stereocenters. The Bertz CT molecular complexity index is 874. The van der Waals surface area contributed by atoms with Gasteiger partial charge in [-0.1, -0.05) is 41.9 Å². The molecule has 2 N–H and O–H groups in total. The Balaban J connectivity index is 1.68. The summed E-state index contributed by atoms with van der Waals surface area (Å²) in [6, 6.07) is 15.7. The molecule has 1 amide bonds. The molecule has 4 nitrogen and oxygen atoms in total. The maximum atomic E-state index is 11.7. The minimum Gasteiger partial charge on any atom is -0.332 e. The fraction of sp³-hybridized carbons (Fsp3) is 0.158. The number of aromatic nitrogens is 1. The molecule has 0 aliphatic heterocycles. The van der Waals surface area contributed by atoms with E-state index >= 15 is 0 Å². The monoisotopic (exact) mass is 415 g/mol. The predicted octanol–water partition coefficient (Wildman–Crippen LogP) is 5.91. The fourth-order valence-corrected chi connectivity index (χ4v) is 3.30. The van der Waals surface area contributed by atoms with Gasteiger partial charge in [0.1, 0.15) is 0 Å². The molecule has 0 fully saturated rings. The van der Waals surface area contributed by atoms with Gasteiger partial charge in [0.25, 0.3) is 0 Å². The van der Waals surface area contributed by atoms with E-state index < -0.39 is 0 Å². The van der Waals surface area contributed by atoms with Crippen molar-refractivity contribution < 1.29 is 4.79 Å². The van der Waals surface area contributed by atoms with Gasteiger partial charge in [-0.15, -0.1) is 11.3 Å². The number of amides is 1. The van der Waals surface area contributed by atoms with Crippen molar-refractivity contribution in [1.82, 2.24) is 4.98 Å². The van der Waals surface area contributed by atoms with Crippen LogP contribution in [0, 0.1) is 5.92 Å². The third-order valence-corrected chi connectivity index (χ3v) is 4.80. The van der Waals surface area contributed by atoms with Crippen LogP contribution in [0.4, 0.5) is 16.5 Å². The number of nitrogens with zero attached hydrogens (tertiary/aromatic N) is 1. The lowest BCUT2D eigenvalue weighted by atomic mass is 10.2. The lowest BCUT2D eigenvalue weighted by Gasteiger charge is -2.08. The summed E-state index contributed by atoms with van der Waals surface area (Å²) in [5.74, 6) is -0.0242. The van der Waals surface area contributed by atoms with Gasteiger partial charge in [-0.2, -0.15) is 0 Å². The Morgan fingerprint density at radius 2 is 1.84 bits per heavy atom. The molecule has 0 atom stereocenters. The topological polar surface area (TPSA) is 54.0 Å². The average Bonchev–Trinajstić information content (AvgIpc) is 3.05. The second-order valence-corrected chi connectivity index (χ2v) is 7.67. The summed E-state index contributed by atoms with van der Waals surface area (Å²) in [5.41, 5.74) is 3.73. The second kappa shape index (κ2) is 7.80. The zero-order chi connectivity index (χ0) is 17.8. The number of hydrogen-bond donors (Lipinski definition) is 2. The summed E-state index contributed by atoms with van der Waals surface area (Å²) in [5, 5.41) is 9.03. The minimum absolute atomic E-state index is 0.0132. The van der Waals surface area contributed by atoms with Crippen LogP contribution in [0.5, 0.6) is 0 Å². The van der Waals surface area contributed by atoms with Gasteiger partial charge in [0.15, 0.2) is 5.13 Å². The van der Waals surface area contributed by atoms with Crippen LogP contribution in [0.1, 0.15) is 13.8 Å². The Labute approximate surface area is 159 Å². The molecule has 0 spiro atoms. The zero-order valence-electron chi connectivity index (χ0n) is 13.9. The van der Waals surface area contributed by atoms with Crippen molar-refractivity contribution in [3.05, 3.63) is 58.4 Å². The molecule has 128 valence electrons. The summed E-state index contributed by atoms with van der Waals surface area (Å²) in [4.78, 5) is 16.3. The highest BCUT2D eigenvalue weighted by Crippen LogP contribution is 2.29. The van der Waals surface area contributed by atoms with Gasteiger partial charge in [0.05, 0.1) is 5.69 Å². The van der Waals surface area contributed by atoms with Crippen molar-refractivity contribution in [2.24, 2.45) is 5.92 Å².